The lowest BCUT2D eigenvalue weighted by molar-refractivity contribution is -0.0594. The first-order chi connectivity index (χ1) is 23.6. The summed E-state index contributed by atoms with van der Waals surface area (Å²) in [4.78, 5) is 13.3. The highest BCUT2D eigenvalue weighted by molar-refractivity contribution is 9.09. The summed E-state index contributed by atoms with van der Waals surface area (Å²) in [6.45, 7) is 13.3. The number of unbranched alkanes of at least 4 members (excludes halogenated alkanes) is 2. The maximum atomic E-state index is 13.3. The van der Waals surface area contributed by atoms with Crippen molar-refractivity contribution >= 4 is 21.9 Å². The van der Waals surface area contributed by atoms with E-state index >= 15 is 0 Å². The van der Waals surface area contributed by atoms with Crippen LogP contribution in [0.1, 0.15) is 135 Å². The zero-order valence-electron chi connectivity index (χ0n) is 31.2. The van der Waals surface area contributed by atoms with Crippen LogP contribution in [0.5, 0.6) is 5.75 Å². The number of carbonyl (C=O) groups is 1. The molecular weight excluding hydrogens is 668 g/mol. The van der Waals surface area contributed by atoms with Crippen molar-refractivity contribution in [3.8, 4) is 16.9 Å². The molecule has 6 rings (SSSR count). The number of halogens is 1. The Balaban J connectivity index is 1.02. The molecule has 4 aliphatic rings. The summed E-state index contributed by atoms with van der Waals surface area (Å²) in [5, 5.41) is 1.05. The molecule has 0 aromatic heterocycles. The van der Waals surface area contributed by atoms with Gasteiger partial charge in [-0.05, 0) is 146 Å². The van der Waals surface area contributed by atoms with Crippen molar-refractivity contribution in [3.63, 3.8) is 0 Å². The van der Waals surface area contributed by atoms with Crippen LogP contribution in [0.3, 0.4) is 0 Å². The van der Waals surface area contributed by atoms with E-state index in [9.17, 15) is 4.79 Å². The van der Waals surface area contributed by atoms with Crippen molar-refractivity contribution in [1.29, 1.82) is 0 Å². The van der Waals surface area contributed by atoms with E-state index in [0.717, 1.165) is 90.0 Å². The highest BCUT2D eigenvalue weighted by Crippen LogP contribution is 2.67. The van der Waals surface area contributed by atoms with Crippen LogP contribution in [0, 0.1) is 46.3 Å². The van der Waals surface area contributed by atoms with Crippen LogP contribution >= 0.6 is 15.9 Å². The molecule has 0 amide bonds. The molecule has 0 bridgehead atoms. The predicted molar refractivity (Wildman–Crippen MR) is 207 cm³/mol. The van der Waals surface area contributed by atoms with E-state index < -0.39 is 0 Å². The van der Waals surface area contributed by atoms with E-state index in [4.69, 9.17) is 9.47 Å². The van der Waals surface area contributed by atoms with Gasteiger partial charge in [0, 0.05) is 11.8 Å². The number of alkyl halides is 1. The normalized spacial score (nSPS) is 31.3. The smallest absolute Gasteiger partial charge is 0.338 e. The fraction of sp³-hybridized carbons (Fsp3) is 0.667. The molecule has 0 spiro atoms. The van der Waals surface area contributed by atoms with Gasteiger partial charge in [0.1, 0.15) is 11.9 Å². The SMILES string of the molecule is CC(C)CCC[C@@H](C)[C@H]1CC[C@H]2[C@@H]3CC=C4C[C@@H](OC(=O)c5ccc(-c6ccc(OCCCCCBr)cc6)cc5)CC[C@]4(C)[C@H]3CC[C@]12C. The van der Waals surface area contributed by atoms with E-state index in [1.165, 1.54) is 64.2 Å². The highest BCUT2D eigenvalue weighted by atomic mass is 79.9. The van der Waals surface area contributed by atoms with Crippen LogP contribution in [-0.4, -0.2) is 24.0 Å². The van der Waals surface area contributed by atoms with Gasteiger partial charge in [-0.1, -0.05) is 106 Å². The summed E-state index contributed by atoms with van der Waals surface area (Å²) in [7, 11) is 0. The lowest BCUT2D eigenvalue weighted by Gasteiger charge is -2.58. The molecule has 0 saturated heterocycles. The van der Waals surface area contributed by atoms with Gasteiger partial charge >= 0.3 is 5.97 Å². The number of carbonyl (C=O) groups excluding carboxylic acids is 1. The van der Waals surface area contributed by atoms with Gasteiger partial charge in [0.05, 0.1) is 12.2 Å². The van der Waals surface area contributed by atoms with E-state index in [1.807, 2.05) is 36.4 Å². The molecule has 8 atom stereocenters. The number of hydrogen-bond donors (Lipinski definition) is 0. The minimum atomic E-state index is -0.189. The second-order valence-electron chi connectivity index (χ2n) is 17.3. The van der Waals surface area contributed by atoms with Gasteiger partial charge in [-0.15, -0.1) is 0 Å². The Hall–Kier alpha value is -2.07. The van der Waals surface area contributed by atoms with Gasteiger partial charge in [-0.25, -0.2) is 4.79 Å². The Kier molecular flexibility index (Phi) is 12.0. The molecule has 4 aliphatic carbocycles. The topological polar surface area (TPSA) is 35.5 Å². The average molecular weight is 732 g/mol. The molecule has 0 radical (unpaired) electrons. The molecule has 3 nitrogen and oxygen atoms in total. The summed E-state index contributed by atoms with van der Waals surface area (Å²) >= 11 is 3.48. The van der Waals surface area contributed by atoms with Gasteiger partial charge < -0.3 is 9.47 Å². The number of benzene rings is 2. The van der Waals surface area contributed by atoms with Gasteiger partial charge in [0.15, 0.2) is 0 Å². The Morgan fingerprint density at radius 2 is 1.57 bits per heavy atom. The molecule has 0 N–H and O–H groups in total. The Bertz CT molecular complexity index is 1410. The summed E-state index contributed by atoms with van der Waals surface area (Å²) in [5.41, 5.74) is 5.22. The largest absolute Gasteiger partial charge is 0.494 e. The molecule has 49 heavy (non-hydrogen) atoms. The van der Waals surface area contributed by atoms with Crippen molar-refractivity contribution in [2.45, 2.75) is 131 Å². The van der Waals surface area contributed by atoms with E-state index in [1.54, 1.807) is 5.57 Å². The van der Waals surface area contributed by atoms with Crippen molar-refractivity contribution in [2.75, 3.05) is 11.9 Å². The molecule has 2 aromatic carbocycles. The molecule has 3 fully saturated rings. The Morgan fingerprint density at radius 1 is 0.837 bits per heavy atom. The standard InChI is InChI=1S/C45H63BrO3/c1-31(2)10-9-11-32(3)40-22-23-41-39-21-18-36-30-38(24-26-44(36,4)42(39)25-27-45(40,41)5)49-43(47)35-14-12-33(13-15-35)34-16-19-37(20-17-34)48-29-8-6-7-28-46/h12-20,31-32,38-42H,6-11,21-30H2,1-5H3/t32-,38+,39+,40-,41+,42+,44+,45-/m1/s1. The van der Waals surface area contributed by atoms with Crippen molar-refractivity contribution < 1.29 is 14.3 Å². The maximum absolute atomic E-state index is 13.3. The molecule has 0 heterocycles. The van der Waals surface area contributed by atoms with Crippen molar-refractivity contribution in [1.82, 2.24) is 0 Å². The van der Waals surface area contributed by atoms with Crippen molar-refractivity contribution in [2.24, 2.45) is 46.3 Å². The number of esters is 1. The van der Waals surface area contributed by atoms with Crippen LogP contribution in [-0.2, 0) is 4.74 Å². The van der Waals surface area contributed by atoms with E-state index in [-0.39, 0.29) is 17.5 Å². The van der Waals surface area contributed by atoms with Gasteiger partial charge in [-0.2, -0.15) is 0 Å². The monoisotopic (exact) mass is 730 g/mol. The van der Waals surface area contributed by atoms with Crippen LogP contribution < -0.4 is 4.74 Å². The summed E-state index contributed by atoms with van der Waals surface area (Å²) in [5.74, 6) is 5.78. The predicted octanol–water partition coefficient (Wildman–Crippen LogP) is 12.9. The molecule has 268 valence electrons. The van der Waals surface area contributed by atoms with Gasteiger partial charge in [0.2, 0.25) is 0 Å². The van der Waals surface area contributed by atoms with E-state index in [2.05, 4.69) is 68.8 Å². The van der Waals surface area contributed by atoms with Crippen molar-refractivity contribution in [3.05, 3.63) is 65.7 Å². The van der Waals surface area contributed by atoms with E-state index in [0.29, 0.717) is 11.0 Å². The molecule has 0 unspecified atom stereocenters. The van der Waals surface area contributed by atoms with Crippen LogP contribution in [0.4, 0.5) is 0 Å². The molecule has 0 aliphatic heterocycles. The van der Waals surface area contributed by atoms with Crippen LogP contribution in [0.15, 0.2) is 60.2 Å². The zero-order valence-corrected chi connectivity index (χ0v) is 32.7. The fourth-order valence-electron chi connectivity index (χ4n) is 11.1. The van der Waals surface area contributed by atoms with Crippen LogP contribution in [0.25, 0.3) is 11.1 Å². The Morgan fingerprint density at radius 3 is 2.29 bits per heavy atom. The lowest BCUT2D eigenvalue weighted by atomic mass is 9.47. The maximum Gasteiger partial charge on any atom is 0.338 e. The second-order valence-corrected chi connectivity index (χ2v) is 18.1. The fourth-order valence-corrected chi connectivity index (χ4v) is 11.5. The molecule has 2 aromatic rings. The number of allylic oxidation sites excluding steroid dienone is 1. The lowest BCUT2D eigenvalue weighted by Crippen LogP contribution is -2.51. The third-order valence-corrected chi connectivity index (χ3v) is 14.4. The number of ether oxygens (including phenoxy) is 2. The molecule has 3 saturated carbocycles. The number of hydrogen-bond acceptors (Lipinski definition) is 3. The van der Waals surface area contributed by atoms with Gasteiger partial charge in [-0.3, -0.25) is 0 Å². The summed E-state index contributed by atoms with van der Waals surface area (Å²) in [6.07, 6.45) is 20.1. The summed E-state index contributed by atoms with van der Waals surface area (Å²) < 4.78 is 12.1. The average Bonchev–Trinajstić information content (AvgIpc) is 3.46. The number of rotatable bonds is 14. The molecular formula is C45H63BrO3. The first kappa shape index (κ1) is 36.7. The number of fused-ring (bicyclic) bond motifs is 5. The van der Waals surface area contributed by atoms with Gasteiger partial charge in [0.25, 0.3) is 0 Å². The first-order valence-corrected chi connectivity index (χ1v) is 21.0. The summed E-state index contributed by atoms with van der Waals surface area (Å²) in [6, 6.07) is 16.2. The third kappa shape index (κ3) is 8.05. The van der Waals surface area contributed by atoms with Crippen LogP contribution in [0.2, 0.25) is 0 Å². The zero-order chi connectivity index (χ0) is 34.6. The second kappa shape index (κ2) is 16.1. The highest BCUT2D eigenvalue weighted by Gasteiger charge is 2.59. The quantitative estimate of drug-likeness (QED) is 0.0840. The first-order valence-electron chi connectivity index (χ1n) is 19.9. The minimum Gasteiger partial charge on any atom is -0.494 e. The third-order valence-electron chi connectivity index (χ3n) is 13.9. The Labute approximate surface area is 306 Å². The molecule has 4 heteroatoms. The minimum absolute atomic E-state index is 0.0218.